The van der Waals surface area contributed by atoms with E-state index in [1.54, 1.807) is 43.5 Å². The normalized spacial score (nSPS) is 15.9. The van der Waals surface area contributed by atoms with E-state index < -0.39 is 0 Å². The van der Waals surface area contributed by atoms with Gasteiger partial charge in [-0.2, -0.15) is 0 Å². The molecule has 5 heteroatoms. The fourth-order valence-corrected chi connectivity index (χ4v) is 3.62. The summed E-state index contributed by atoms with van der Waals surface area (Å²) in [5.74, 6) is -0.362. The quantitative estimate of drug-likeness (QED) is 0.740. The Labute approximate surface area is 160 Å². The molecule has 1 heterocycles. The molecule has 1 fully saturated rings. The lowest BCUT2D eigenvalue weighted by Crippen LogP contribution is -2.47. The van der Waals surface area contributed by atoms with Crippen LogP contribution in [-0.4, -0.2) is 45.0 Å². The highest BCUT2D eigenvalue weighted by molar-refractivity contribution is 6.15. The number of methoxy groups -OCH3 is 1. The number of hydrogen-bond donors (Lipinski definition) is 2. The van der Waals surface area contributed by atoms with E-state index in [1.165, 1.54) is 0 Å². The fourth-order valence-electron chi connectivity index (χ4n) is 3.62. The summed E-state index contributed by atoms with van der Waals surface area (Å²) < 4.78 is 5.41. The predicted molar refractivity (Wildman–Crippen MR) is 105 cm³/mol. The van der Waals surface area contributed by atoms with E-state index in [0.717, 1.165) is 25.9 Å². The van der Waals surface area contributed by atoms with Gasteiger partial charge in [-0.3, -0.25) is 9.59 Å². The molecule has 0 radical (unpaired) electrons. The van der Waals surface area contributed by atoms with Crippen LogP contribution in [0.4, 0.5) is 0 Å². The van der Waals surface area contributed by atoms with E-state index in [-0.39, 0.29) is 17.1 Å². The predicted octanol–water partition coefficient (Wildman–Crippen LogP) is 2.66. The number of hydrogen-bond acceptors (Lipinski definition) is 4. The summed E-state index contributed by atoms with van der Waals surface area (Å²) in [7, 11) is 1.69. The van der Waals surface area contributed by atoms with Crippen molar-refractivity contribution in [3.63, 3.8) is 0 Å². The summed E-state index contributed by atoms with van der Waals surface area (Å²) in [6.07, 6.45) is 1.90. The van der Waals surface area contributed by atoms with Gasteiger partial charge in [-0.05, 0) is 32.0 Å². The molecule has 0 unspecified atom stereocenters. The van der Waals surface area contributed by atoms with Crippen LogP contribution in [0.5, 0.6) is 0 Å². The number of rotatable bonds is 7. The third-order valence-electron chi connectivity index (χ3n) is 5.19. The Morgan fingerprint density at radius 1 is 1.00 bits per heavy atom. The summed E-state index contributed by atoms with van der Waals surface area (Å²) in [6, 6.07) is 16.0. The Hall–Kier alpha value is -2.50. The van der Waals surface area contributed by atoms with Crippen molar-refractivity contribution in [1.29, 1.82) is 0 Å². The van der Waals surface area contributed by atoms with Crippen molar-refractivity contribution in [2.45, 2.75) is 12.8 Å². The maximum atomic E-state index is 12.9. The molecule has 1 aliphatic rings. The Morgan fingerprint density at radius 2 is 1.63 bits per heavy atom. The first-order valence-electron chi connectivity index (χ1n) is 9.32. The molecule has 0 atom stereocenters. The van der Waals surface area contributed by atoms with E-state index in [0.29, 0.717) is 29.8 Å². The number of carbonyl (C=O) groups excluding carboxylic acids is 2. The summed E-state index contributed by atoms with van der Waals surface area (Å²) in [4.78, 5) is 25.7. The smallest absolute Gasteiger partial charge is 0.252 e. The van der Waals surface area contributed by atoms with Gasteiger partial charge in [0.25, 0.3) is 5.91 Å². The summed E-state index contributed by atoms with van der Waals surface area (Å²) in [5, 5.41) is 6.39. The molecule has 27 heavy (non-hydrogen) atoms. The lowest BCUT2D eigenvalue weighted by molar-refractivity contribution is 0.0511. The molecule has 2 aromatic carbocycles. The van der Waals surface area contributed by atoms with Crippen LogP contribution in [0.1, 0.15) is 39.1 Å². The fraction of sp³-hybridized carbons (Fsp3) is 0.364. The monoisotopic (exact) mass is 366 g/mol. The van der Waals surface area contributed by atoms with Gasteiger partial charge in [-0.25, -0.2) is 0 Å². The number of benzene rings is 2. The first-order chi connectivity index (χ1) is 13.2. The maximum absolute atomic E-state index is 12.9. The number of ether oxygens (including phenoxy) is 1. The molecule has 142 valence electrons. The zero-order valence-electron chi connectivity index (χ0n) is 15.7. The molecule has 1 amide bonds. The van der Waals surface area contributed by atoms with Crippen molar-refractivity contribution in [2.24, 2.45) is 5.41 Å². The summed E-state index contributed by atoms with van der Waals surface area (Å²) in [5.41, 5.74) is 1.35. The number of carbonyl (C=O) groups is 2. The van der Waals surface area contributed by atoms with Gasteiger partial charge in [-0.15, -0.1) is 0 Å². The first-order valence-corrected chi connectivity index (χ1v) is 9.32. The Bertz CT molecular complexity index is 778. The highest BCUT2D eigenvalue weighted by Crippen LogP contribution is 2.28. The standard InChI is InChI=1S/C22H26N2O3/c1-27-16-22(11-13-23-14-12-22)15-24-21(26)19-10-6-5-9-18(19)20(25)17-7-3-2-4-8-17/h2-10,23H,11-16H2,1H3,(H,24,26). The minimum Gasteiger partial charge on any atom is -0.384 e. The van der Waals surface area contributed by atoms with E-state index in [1.807, 2.05) is 18.2 Å². The van der Waals surface area contributed by atoms with Gasteiger partial charge in [0.2, 0.25) is 0 Å². The van der Waals surface area contributed by atoms with E-state index >= 15 is 0 Å². The SMILES string of the molecule is COCC1(CNC(=O)c2ccccc2C(=O)c2ccccc2)CCNCC1. The molecular formula is C22H26N2O3. The minimum absolute atomic E-state index is 0.0615. The zero-order valence-corrected chi connectivity index (χ0v) is 15.7. The van der Waals surface area contributed by atoms with Crippen LogP contribution in [0.2, 0.25) is 0 Å². The maximum Gasteiger partial charge on any atom is 0.252 e. The molecule has 2 aromatic rings. The minimum atomic E-state index is -0.219. The Morgan fingerprint density at radius 3 is 2.30 bits per heavy atom. The van der Waals surface area contributed by atoms with Crippen molar-refractivity contribution < 1.29 is 14.3 Å². The second kappa shape index (κ2) is 8.93. The van der Waals surface area contributed by atoms with Crippen LogP contribution in [0.15, 0.2) is 54.6 Å². The first kappa shape index (κ1) is 19.3. The van der Waals surface area contributed by atoms with Crippen molar-refractivity contribution in [2.75, 3.05) is 33.4 Å². The lowest BCUT2D eigenvalue weighted by Gasteiger charge is -2.37. The second-order valence-electron chi connectivity index (χ2n) is 7.11. The van der Waals surface area contributed by atoms with E-state index in [2.05, 4.69) is 10.6 Å². The molecular weight excluding hydrogens is 340 g/mol. The van der Waals surface area contributed by atoms with Crippen molar-refractivity contribution in [3.05, 3.63) is 71.3 Å². The molecule has 5 nitrogen and oxygen atoms in total. The van der Waals surface area contributed by atoms with E-state index in [4.69, 9.17) is 4.74 Å². The molecule has 3 rings (SSSR count). The third-order valence-corrected chi connectivity index (χ3v) is 5.19. The molecule has 0 bridgehead atoms. The Balaban J connectivity index is 1.76. The molecule has 0 aromatic heterocycles. The highest BCUT2D eigenvalue weighted by Gasteiger charge is 2.33. The number of amides is 1. The Kier molecular flexibility index (Phi) is 6.37. The molecule has 2 N–H and O–H groups in total. The van der Waals surface area contributed by atoms with Gasteiger partial charge in [0.05, 0.1) is 12.2 Å². The molecule has 0 saturated carbocycles. The van der Waals surface area contributed by atoms with Crippen LogP contribution in [0, 0.1) is 5.41 Å². The van der Waals surface area contributed by atoms with Crippen molar-refractivity contribution >= 4 is 11.7 Å². The largest absolute Gasteiger partial charge is 0.384 e. The molecule has 0 spiro atoms. The van der Waals surface area contributed by atoms with E-state index in [9.17, 15) is 9.59 Å². The van der Waals surface area contributed by atoms with Crippen molar-refractivity contribution in [3.8, 4) is 0 Å². The van der Waals surface area contributed by atoms with Gasteiger partial charge in [0.1, 0.15) is 0 Å². The average molecular weight is 366 g/mol. The molecule has 0 aliphatic carbocycles. The highest BCUT2D eigenvalue weighted by atomic mass is 16.5. The van der Waals surface area contributed by atoms with Gasteiger partial charge in [0, 0.05) is 30.2 Å². The van der Waals surface area contributed by atoms with Gasteiger partial charge in [-0.1, -0.05) is 48.5 Å². The zero-order chi connectivity index (χ0) is 19.1. The van der Waals surface area contributed by atoms with Gasteiger partial charge < -0.3 is 15.4 Å². The molecule has 1 aliphatic heterocycles. The molecule has 1 saturated heterocycles. The number of piperidine rings is 1. The van der Waals surface area contributed by atoms with Crippen LogP contribution < -0.4 is 10.6 Å². The van der Waals surface area contributed by atoms with Crippen LogP contribution >= 0.6 is 0 Å². The van der Waals surface area contributed by atoms with Gasteiger partial charge >= 0.3 is 0 Å². The summed E-state index contributed by atoms with van der Waals surface area (Å²) >= 11 is 0. The number of ketones is 1. The second-order valence-corrected chi connectivity index (χ2v) is 7.11. The average Bonchev–Trinajstić information content (AvgIpc) is 2.73. The number of nitrogens with one attached hydrogen (secondary N) is 2. The van der Waals surface area contributed by atoms with Crippen LogP contribution in [0.25, 0.3) is 0 Å². The van der Waals surface area contributed by atoms with Gasteiger partial charge in [0.15, 0.2) is 5.78 Å². The topological polar surface area (TPSA) is 67.4 Å². The lowest BCUT2D eigenvalue weighted by atomic mass is 9.79. The van der Waals surface area contributed by atoms with Crippen LogP contribution in [0.3, 0.4) is 0 Å². The van der Waals surface area contributed by atoms with Crippen molar-refractivity contribution in [1.82, 2.24) is 10.6 Å². The summed E-state index contributed by atoms with van der Waals surface area (Å²) in [6.45, 7) is 2.99. The third kappa shape index (κ3) is 4.62. The van der Waals surface area contributed by atoms with Crippen LogP contribution in [-0.2, 0) is 4.74 Å².